The predicted molar refractivity (Wildman–Crippen MR) is 104 cm³/mol. The van der Waals surface area contributed by atoms with Gasteiger partial charge in [-0.25, -0.2) is 0 Å². The molecule has 2 N–H and O–H groups in total. The summed E-state index contributed by atoms with van der Waals surface area (Å²) in [5.74, 6) is 1.36. The number of nitrogen functional groups attached to an aromatic ring is 1. The smallest absolute Gasteiger partial charge is 0.305 e. The molecule has 0 radical (unpaired) electrons. The molecule has 0 aliphatic heterocycles. The number of anilines is 1. The Morgan fingerprint density at radius 3 is 2.54 bits per heavy atom. The highest BCUT2D eigenvalue weighted by atomic mass is 16.5. The van der Waals surface area contributed by atoms with E-state index in [0.717, 1.165) is 34.7 Å². The molecule has 1 aliphatic rings. The molecule has 0 spiro atoms. The van der Waals surface area contributed by atoms with Crippen LogP contribution in [0.4, 0.5) is 5.69 Å². The van der Waals surface area contributed by atoms with E-state index >= 15 is 0 Å². The number of rotatable bonds is 7. The Bertz CT molecular complexity index is 734. The zero-order chi connectivity index (χ0) is 18.4. The molecule has 0 unspecified atom stereocenters. The molecule has 26 heavy (non-hydrogen) atoms. The van der Waals surface area contributed by atoms with E-state index in [1.165, 1.54) is 32.8 Å². The lowest BCUT2D eigenvalue weighted by molar-refractivity contribution is -0.140. The number of benzene rings is 2. The van der Waals surface area contributed by atoms with Crippen molar-refractivity contribution in [3.05, 3.63) is 48.0 Å². The van der Waals surface area contributed by atoms with Crippen molar-refractivity contribution in [2.45, 2.75) is 38.5 Å². The fourth-order valence-electron chi connectivity index (χ4n) is 3.48. The zero-order valence-electron chi connectivity index (χ0n) is 15.4. The van der Waals surface area contributed by atoms with Crippen LogP contribution in [-0.4, -0.2) is 19.7 Å². The van der Waals surface area contributed by atoms with Gasteiger partial charge in [-0.3, -0.25) is 4.79 Å². The molecule has 0 amide bonds. The third-order valence-corrected chi connectivity index (χ3v) is 5.06. The van der Waals surface area contributed by atoms with Crippen LogP contribution in [0.2, 0.25) is 0 Å². The number of nitrogens with two attached hydrogens (primary N) is 1. The van der Waals surface area contributed by atoms with Crippen LogP contribution in [0, 0.1) is 5.92 Å². The van der Waals surface area contributed by atoms with Crippen LogP contribution in [0.3, 0.4) is 0 Å². The lowest BCUT2D eigenvalue weighted by Crippen LogP contribution is -2.09. The van der Waals surface area contributed by atoms with E-state index < -0.39 is 0 Å². The normalized spacial score (nSPS) is 14.3. The molecule has 2 aromatic carbocycles. The maximum absolute atomic E-state index is 11.4. The molecule has 2 aromatic rings. The van der Waals surface area contributed by atoms with E-state index in [0.29, 0.717) is 18.8 Å². The van der Waals surface area contributed by atoms with Gasteiger partial charge in [0.1, 0.15) is 5.75 Å². The molecule has 4 nitrogen and oxygen atoms in total. The van der Waals surface area contributed by atoms with E-state index in [1.807, 2.05) is 36.4 Å². The Morgan fingerprint density at radius 1 is 1.12 bits per heavy atom. The lowest BCUT2D eigenvalue weighted by Gasteiger charge is -2.16. The predicted octanol–water partition coefficient (Wildman–Crippen LogP) is 4.61. The van der Waals surface area contributed by atoms with Gasteiger partial charge in [-0.1, -0.05) is 31.0 Å². The van der Waals surface area contributed by atoms with Crippen LogP contribution in [0.5, 0.6) is 5.75 Å². The summed E-state index contributed by atoms with van der Waals surface area (Å²) in [7, 11) is 1.42. The Morgan fingerprint density at radius 2 is 1.85 bits per heavy atom. The van der Waals surface area contributed by atoms with Gasteiger partial charge in [0.25, 0.3) is 0 Å². The number of hydrogen-bond donors (Lipinski definition) is 1. The van der Waals surface area contributed by atoms with Gasteiger partial charge < -0.3 is 15.2 Å². The Hall–Kier alpha value is -2.49. The molecule has 0 saturated heterocycles. The maximum Gasteiger partial charge on any atom is 0.305 e. The molecule has 0 aromatic heterocycles. The van der Waals surface area contributed by atoms with Gasteiger partial charge >= 0.3 is 5.97 Å². The molecule has 1 saturated carbocycles. The molecule has 1 aliphatic carbocycles. The number of carbonyl (C=O) groups excluding carboxylic acids is 1. The summed E-state index contributed by atoms with van der Waals surface area (Å²) in [5.41, 5.74) is 9.78. The van der Waals surface area contributed by atoms with Gasteiger partial charge in [0.2, 0.25) is 0 Å². The third-order valence-electron chi connectivity index (χ3n) is 5.06. The van der Waals surface area contributed by atoms with Crippen LogP contribution in [0.15, 0.2) is 42.5 Å². The number of carbonyl (C=O) groups is 1. The van der Waals surface area contributed by atoms with Crippen LogP contribution >= 0.6 is 0 Å². The lowest BCUT2D eigenvalue weighted by atomic mass is 9.99. The summed E-state index contributed by atoms with van der Waals surface area (Å²) >= 11 is 0. The van der Waals surface area contributed by atoms with Crippen molar-refractivity contribution in [1.29, 1.82) is 0 Å². The first-order chi connectivity index (χ1) is 12.7. The summed E-state index contributed by atoms with van der Waals surface area (Å²) in [5, 5.41) is 0. The van der Waals surface area contributed by atoms with Crippen LogP contribution in [-0.2, 0) is 16.0 Å². The summed E-state index contributed by atoms with van der Waals surface area (Å²) in [4.78, 5) is 11.4. The van der Waals surface area contributed by atoms with Gasteiger partial charge in [0.05, 0.1) is 13.7 Å². The average Bonchev–Trinajstić information content (AvgIpc) is 3.19. The van der Waals surface area contributed by atoms with Crippen molar-refractivity contribution in [2.75, 3.05) is 19.5 Å². The van der Waals surface area contributed by atoms with Gasteiger partial charge in [0, 0.05) is 17.7 Å². The molecule has 0 heterocycles. The first-order valence-corrected chi connectivity index (χ1v) is 9.34. The van der Waals surface area contributed by atoms with Gasteiger partial charge in [-0.15, -0.1) is 0 Å². The molecular weight excluding hydrogens is 326 g/mol. The Labute approximate surface area is 155 Å². The monoisotopic (exact) mass is 353 g/mol. The largest absolute Gasteiger partial charge is 0.493 e. The number of aryl methyl sites for hydroxylation is 1. The topological polar surface area (TPSA) is 61.5 Å². The van der Waals surface area contributed by atoms with E-state index in [9.17, 15) is 4.79 Å². The summed E-state index contributed by atoms with van der Waals surface area (Å²) in [6, 6.07) is 14.0. The minimum atomic E-state index is -0.194. The number of hydrogen-bond acceptors (Lipinski definition) is 4. The molecular formula is C22H27NO3. The number of ether oxygens (including phenoxy) is 2. The first-order valence-electron chi connectivity index (χ1n) is 9.34. The van der Waals surface area contributed by atoms with Crippen LogP contribution < -0.4 is 10.5 Å². The summed E-state index contributed by atoms with van der Waals surface area (Å²) in [6.07, 6.45) is 6.16. The van der Waals surface area contributed by atoms with Gasteiger partial charge in [-0.05, 0) is 60.6 Å². The average molecular weight is 353 g/mol. The van der Waals surface area contributed by atoms with Crippen molar-refractivity contribution in [3.8, 4) is 16.9 Å². The van der Waals surface area contributed by atoms with Gasteiger partial charge in [-0.2, -0.15) is 0 Å². The second kappa shape index (κ2) is 8.75. The third kappa shape index (κ3) is 4.78. The van der Waals surface area contributed by atoms with Crippen molar-refractivity contribution >= 4 is 11.7 Å². The van der Waals surface area contributed by atoms with Crippen molar-refractivity contribution in [1.82, 2.24) is 0 Å². The minimum Gasteiger partial charge on any atom is -0.493 e. The van der Waals surface area contributed by atoms with Crippen LogP contribution in [0.25, 0.3) is 11.1 Å². The molecule has 4 heteroatoms. The molecule has 3 rings (SSSR count). The number of esters is 1. The Balaban J connectivity index is 1.81. The second-order valence-electron chi connectivity index (χ2n) is 6.99. The van der Waals surface area contributed by atoms with Crippen LogP contribution in [0.1, 0.15) is 37.7 Å². The molecule has 0 atom stereocenters. The number of methoxy groups -OCH3 is 1. The molecule has 138 valence electrons. The van der Waals surface area contributed by atoms with E-state index in [-0.39, 0.29) is 5.97 Å². The Kier molecular flexibility index (Phi) is 6.16. The highest BCUT2D eigenvalue weighted by Crippen LogP contribution is 2.33. The molecule has 0 bridgehead atoms. The minimum absolute atomic E-state index is 0.194. The molecule has 1 fully saturated rings. The quantitative estimate of drug-likeness (QED) is 0.583. The van der Waals surface area contributed by atoms with E-state index in [4.69, 9.17) is 15.2 Å². The van der Waals surface area contributed by atoms with Crippen molar-refractivity contribution < 1.29 is 14.3 Å². The highest BCUT2D eigenvalue weighted by molar-refractivity contribution is 5.73. The van der Waals surface area contributed by atoms with E-state index in [1.54, 1.807) is 0 Å². The second-order valence-corrected chi connectivity index (χ2v) is 6.99. The van der Waals surface area contributed by atoms with Crippen molar-refractivity contribution in [3.63, 3.8) is 0 Å². The van der Waals surface area contributed by atoms with Crippen molar-refractivity contribution in [2.24, 2.45) is 5.92 Å². The fraction of sp³-hybridized carbons (Fsp3) is 0.409. The van der Waals surface area contributed by atoms with Gasteiger partial charge in [0.15, 0.2) is 0 Å². The maximum atomic E-state index is 11.4. The summed E-state index contributed by atoms with van der Waals surface area (Å²) in [6.45, 7) is 0.767. The standard InChI is InChI=1S/C22H27NO3/c1-25-22(24)13-7-16-6-12-21(26-15-17-4-2-3-5-17)20(14-16)18-8-10-19(23)11-9-18/h6,8-12,14,17H,2-5,7,13,15,23H2,1H3. The summed E-state index contributed by atoms with van der Waals surface area (Å²) < 4.78 is 10.9. The highest BCUT2D eigenvalue weighted by Gasteiger charge is 2.17. The zero-order valence-corrected chi connectivity index (χ0v) is 15.4. The fourth-order valence-corrected chi connectivity index (χ4v) is 3.48. The SMILES string of the molecule is COC(=O)CCc1ccc(OCC2CCCC2)c(-c2ccc(N)cc2)c1. The first kappa shape index (κ1) is 18.3. The van der Waals surface area contributed by atoms with E-state index in [2.05, 4.69) is 6.07 Å².